The lowest BCUT2D eigenvalue weighted by Crippen LogP contribution is -2.20. The molecule has 0 N–H and O–H groups in total. The molecule has 6 nitrogen and oxygen atoms in total. The van der Waals surface area contributed by atoms with Crippen molar-refractivity contribution in [1.82, 2.24) is 0 Å². The van der Waals surface area contributed by atoms with E-state index in [0.717, 1.165) is 19.4 Å². The van der Waals surface area contributed by atoms with E-state index in [0.29, 0.717) is 71.3 Å². The third-order valence-corrected chi connectivity index (χ3v) is 4.23. The van der Waals surface area contributed by atoms with Crippen molar-refractivity contribution >= 4 is 5.78 Å². The third-order valence-electron chi connectivity index (χ3n) is 4.23. The molecule has 0 amide bonds. The summed E-state index contributed by atoms with van der Waals surface area (Å²) in [5.74, 6) is 0.280. The van der Waals surface area contributed by atoms with Crippen LogP contribution in [0.25, 0.3) is 0 Å². The lowest BCUT2D eigenvalue weighted by molar-refractivity contribution is -0.126. The lowest BCUT2D eigenvalue weighted by atomic mass is 9.88. The first-order chi connectivity index (χ1) is 13.6. The quantitative estimate of drug-likeness (QED) is 0.292. The Kier molecular flexibility index (Phi) is 16.9. The molecule has 0 aliphatic carbocycles. The number of Topliss-reactive ketones (excluding diaryl/α,β-unsaturated/α-hetero) is 1. The number of hydrogen-bond acceptors (Lipinski definition) is 6. The maximum absolute atomic E-state index is 11.8. The van der Waals surface area contributed by atoms with Crippen molar-refractivity contribution in [2.24, 2.45) is 10.8 Å². The van der Waals surface area contributed by atoms with Crippen LogP contribution in [0.15, 0.2) is 0 Å². The van der Waals surface area contributed by atoms with Crippen LogP contribution in [0.1, 0.15) is 67.2 Å². The van der Waals surface area contributed by atoms with Crippen LogP contribution in [-0.4, -0.2) is 71.9 Å². The minimum absolute atomic E-state index is 0.256. The summed E-state index contributed by atoms with van der Waals surface area (Å²) in [5, 5.41) is 0. The number of ether oxygens (including phenoxy) is 5. The Hall–Kier alpha value is -0.530. The maximum atomic E-state index is 11.8. The topological polar surface area (TPSA) is 63.2 Å². The molecule has 0 unspecified atom stereocenters. The predicted molar refractivity (Wildman–Crippen MR) is 116 cm³/mol. The van der Waals surface area contributed by atoms with Gasteiger partial charge in [0.05, 0.1) is 52.9 Å². The number of hydrogen-bond donors (Lipinski definition) is 0. The molecule has 0 saturated carbocycles. The number of rotatable bonds is 19. The number of carbonyl (C=O) groups excluding carboxylic acids is 1. The van der Waals surface area contributed by atoms with Crippen LogP contribution in [0.5, 0.6) is 0 Å². The van der Waals surface area contributed by atoms with Crippen molar-refractivity contribution in [3.05, 3.63) is 0 Å². The van der Waals surface area contributed by atoms with Crippen LogP contribution in [-0.2, 0) is 28.5 Å². The van der Waals surface area contributed by atoms with Crippen LogP contribution >= 0.6 is 0 Å². The highest BCUT2D eigenvalue weighted by Crippen LogP contribution is 2.20. The predicted octanol–water partition coefficient (Wildman–Crippen LogP) is 4.29. The Balaban J connectivity index is 3.15. The molecule has 6 heteroatoms. The molecule has 0 rings (SSSR count). The SMILES string of the molecule is CC(C)(C)CCCOCCOCCOCCOCCOCCCC(=O)C(C)(C)C. The van der Waals surface area contributed by atoms with Crippen LogP contribution < -0.4 is 0 Å². The van der Waals surface area contributed by atoms with E-state index in [1.54, 1.807) is 0 Å². The van der Waals surface area contributed by atoms with E-state index in [1.165, 1.54) is 6.42 Å². The van der Waals surface area contributed by atoms with Crippen molar-refractivity contribution in [2.45, 2.75) is 67.2 Å². The largest absolute Gasteiger partial charge is 0.379 e. The fraction of sp³-hybridized carbons (Fsp3) is 0.957. The van der Waals surface area contributed by atoms with Gasteiger partial charge in [0.2, 0.25) is 0 Å². The summed E-state index contributed by atoms with van der Waals surface area (Å²) < 4.78 is 27.4. The summed E-state index contributed by atoms with van der Waals surface area (Å²) in [6.07, 6.45) is 3.60. The highest BCUT2D eigenvalue weighted by atomic mass is 16.6. The summed E-state index contributed by atoms with van der Waals surface area (Å²) in [7, 11) is 0. The van der Waals surface area contributed by atoms with Gasteiger partial charge in [-0.25, -0.2) is 0 Å². The highest BCUT2D eigenvalue weighted by molar-refractivity contribution is 5.83. The minimum Gasteiger partial charge on any atom is -0.379 e. The summed E-state index contributed by atoms with van der Waals surface area (Å²) in [6.45, 7) is 18.5. The van der Waals surface area contributed by atoms with Crippen LogP contribution in [0.3, 0.4) is 0 Å². The average Bonchev–Trinajstić information content (AvgIpc) is 2.61. The zero-order chi connectivity index (χ0) is 22.0. The van der Waals surface area contributed by atoms with E-state index in [-0.39, 0.29) is 11.2 Å². The van der Waals surface area contributed by atoms with Crippen molar-refractivity contribution in [3.63, 3.8) is 0 Å². The van der Waals surface area contributed by atoms with E-state index < -0.39 is 0 Å². The summed E-state index contributed by atoms with van der Waals surface area (Å²) in [4.78, 5) is 11.8. The lowest BCUT2D eigenvalue weighted by Gasteiger charge is -2.17. The first kappa shape index (κ1) is 28.5. The van der Waals surface area contributed by atoms with Crippen LogP contribution in [0, 0.1) is 10.8 Å². The number of carbonyl (C=O) groups is 1. The molecule has 174 valence electrons. The molecule has 0 spiro atoms. The summed E-state index contributed by atoms with van der Waals surface area (Å²) in [6, 6.07) is 0. The first-order valence-corrected chi connectivity index (χ1v) is 11.0. The molecule has 0 bridgehead atoms. The van der Waals surface area contributed by atoms with Gasteiger partial charge >= 0.3 is 0 Å². The molecule has 0 aliphatic rings. The molecule has 0 radical (unpaired) electrons. The molecule has 0 aromatic carbocycles. The maximum Gasteiger partial charge on any atom is 0.138 e. The van der Waals surface area contributed by atoms with Gasteiger partial charge in [-0.15, -0.1) is 0 Å². The smallest absolute Gasteiger partial charge is 0.138 e. The Morgan fingerprint density at radius 2 is 0.897 bits per heavy atom. The molecule has 0 aliphatic heterocycles. The van der Waals surface area contributed by atoms with Gasteiger partial charge in [-0.1, -0.05) is 41.5 Å². The second kappa shape index (κ2) is 17.2. The zero-order valence-corrected chi connectivity index (χ0v) is 19.8. The Labute approximate surface area is 178 Å². The fourth-order valence-electron chi connectivity index (χ4n) is 2.40. The van der Waals surface area contributed by atoms with E-state index in [9.17, 15) is 4.79 Å². The molecule has 0 aromatic heterocycles. The molecule has 0 aromatic rings. The van der Waals surface area contributed by atoms with Gasteiger partial charge in [-0.3, -0.25) is 4.79 Å². The van der Waals surface area contributed by atoms with Crippen molar-refractivity contribution in [2.75, 3.05) is 66.1 Å². The molecular formula is C23H46O6. The normalized spacial score (nSPS) is 12.5. The van der Waals surface area contributed by atoms with E-state index in [4.69, 9.17) is 23.7 Å². The summed E-state index contributed by atoms with van der Waals surface area (Å²) in [5.41, 5.74) is 0.120. The molecule has 0 heterocycles. The van der Waals surface area contributed by atoms with Gasteiger partial charge in [0.1, 0.15) is 5.78 Å². The zero-order valence-electron chi connectivity index (χ0n) is 19.8. The average molecular weight is 419 g/mol. The second-order valence-corrected chi connectivity index (χ2v) is 9.50. The van der Waals surface area contributed by atoms with E-state index >= 15 is 0 Å². The van der Waals surface area contributed by atoms with Crippen molar-refractivity contribution in [3.8, 4) is 0 Å². The molecule has 29 heavy (non-hydrogen) atoms. The highest BCUT2D eigenvalue weighted by Gasteiger charge is 2.19. The van der Waals surface area contributed by atoms with Gasteiger partial charge in [0.25, 0.3) is 0 Å². The fourth-order valence-corrected chi connectivity index (χ4v) is 2.40. The number of ketones is 1. The molecular weight excluding hydrogens is 372 g/mol. The Bertz CT molecular complexity index is 384. The molecule has 0 fully saturated rings. The van der Waals surface area contributed by atoms with Crippen molar-refractivity contribution in [1.29, 1.82) is 0 Å². The molecule has 0 saturated heterocycles. The second-order valence-electron chi connectivity index (χ2n) is 9.50. The Morgan fingerprint density at radius 1 is 0.552 bits per heavy atom. The van der Waals surface area contributed by atoms with Crippen LogP contribution in [0.2, 0.25) is 0 Å². The van der Waals surface area contributed by atoms with E-state index in [2.05, 4.69) is 20.8 Å². The van der Waals surface area contributed by atoms with Gasteiger partial charge in [0.15, 0.2) is 0 Å². The first-order valence-electron chi connectivity index (χ1n) is 11.0. The monoisotopic (exact) mass is 418 g/mol. The van der Waals surface area contributed by atoms with E-state index in [1.807, 2.05) is 20.8 Å². The van der Waals surface area contributed by atoms with Crippen LogP contribution in [0.4, 0.5) is 0 Å². The van der Waals surface area contributed by atoms with Gasteiger partial charge in [-0.2, -0.15) is 0 Å². The minimum atomic E-state index is -0.256. The van der Waals surface area contributed by atoms with Gasteiger partial charge < -0.3 is 23.7 Å². The third kappa shape index (κ3) is 22.0. The molecule has 0 atom stereocenters. The van der Waals surface area contributed by atoms with Gasteiger partial charge in [0, 0.05) is 25.0 Å². The standard InChI is InChI=1S/C23H46O6/c1-22(2,3)10-8-12-26-14-16-28-18-20-29-19-17-27-15-13-25-11-7-9-21(24)23(4,5)6/h7-20H2,1-6H3. The van der Waals surface area contributed by atoms with Gasteiger partial charge in [-0.05, 0) is 24.7 Å². The van der Waals surface area contributed by atoms with Crippen molar-refractivity contribution < 1.29 is 28.5 Å². The Morgan fingerprint density at radius 3 is 1.24 bits per heavy atom. The summed E-state index contributed by atoms with van der Waals surface area (Å²) >= 11 is 0.